The lowest BCUT2D eigenvalue weighted by atomic mass is 10.1. The summed E-state index contributed by atoms with van der Waals surface area (Å²) in [7, 11) is 0. The van der Waals surface area contributed by atoms with Gasteiger partial charge in [-0.3, -0.25) is 9.59 Å². The van der Waals surface area contributed by atoms with Crippen LogP contribution >= 0.6 is 0 Å². The van der Waals surface area contributed by atoms with E-state index in [4.69, 9.17) is 5.11 Å². The lowest BCUT2D eigenvalue weighted by Crippen LogP contribution is -2.28. The highest BCUT2D eigenvalue weighted by Crippen LogP contribution is 2.20. The molecule has 1 unspecified atom stereocenters. The number of hydrogen-bond acceptors (Lipinski definition) is 3. The van der Waals surface area contributed by atoms with Gasteiger partial charge >= 0.3 is 5.97 Å². The van der Waals surface area contributed by atoms with Crippen LogP contribution in [0.1, 0.15) is 18.9 Å². The smallest absolute Gasteiger partial charge is 0.316 e. The molecule has 0 heterocycles. The number of aryl methyl sites for hydroxylation is 1. The molecule has 0 aromatic heterocycles. The number of phenolic OH excluding ortho intramolecular Hbond substituents is 1. The average Bonchev–Trinajstić information content (AvgIpc) is 2.24. The molecule has 0 aliphatic heterocycles. The maximum absolute atomic E-state index is 11.6. The van der Waals surface area contributed by atoms with E-state index >= 15 is 0 Å². The molecule has 0 aliphatic rings. The SMILES string of the molecule is CCC(C(=O)O)C(=O)Nc1ccc(O)c(C)c1. The second-order valence-electron chi connectivity index (χ2n) is 3.79. The zero-order chi connectivity index (χ0) is 13.0. The van der Waals surface area contributed by atoms with Crippen molar-refractivity contribution in [3.8, 4) is 5.75 Å². The molecule has 1 aromatic rings. The number of carbonyl (C=O) groups excluding carboxylic acids is 1. The molecule has 0 saturated carbocycles. The molecule has 0 aliphatic carbocycles. The Morgan fingerprint density at radius 1 is 1.41 bits per heavy atom. The van der Waals surface area contributed by atoms with Crippen molar-refractivity contribution in [2.24, 2.45) is 5.92 Å². The normalized spacial score (nSPS) is 11.9. The summed E-state index contributed by atoms with van der Waals surface area (Å²) in [5.74, 6) is -2.61. The van der Waals surface area contributed by atoms with Crippen molar-refractivity contribution < 1.29 is 19.8 Å². The second-order valence-corrected chi connectivity index (χ2v) is 3.79. The second kappa shape index (κ2) is 5.34. The molecule has 3 N–H and O–H groups in total. The van der Waals surface area contributed by atoms with Crippen molar-refractivity contribution in [2.75, 3.05) is 5.32 Å². The van der Waals surface area contributed by atoms with Gasteiger partial charge in [-0.25, -0.2) is 0 Å². The largest absolute Gasteiger partial charge is 0.508 e. The van der Waals surface area contributed by atoms with Crippen LogP contribution in [0.15, 0.2) is 18.2 Å². The molecule has 92 valence electrons. The first-order chi connectivity index (χ1) is 7.95. The van der Waals surface area contributed by atoms with Gasteiger partial charge in [0, 0.05) is 5.69 Å². The van der Waals surface area contributed by atoms with Gasteiger partial charge in [0.05, 0.1) is 0 Å². The van der Waals surface area contributed by atoms with E-state index in [1.807, 2.05) is 0 Å². The van der Waals surface area contributed by atoms with Gasteiger partial charge in [-0.2, -0.15) is 0 Å². The number of aliphatic carboxylic acids is 1. The Morgan fingerprint density at radius 3 is 2.53 bits per heavy atom. The quantitative estimate of drug-likeness (QED) is 0.550. The fourth-order valence-corrected chi connectivity index (χ4v) is 1.43. The maximum atomic E-state index is 11.6. The van der Waals surface area contributed by atoms with Crippen molar-refractivity contribution in [3.05, 3.63) is 23.8 Å². The Kier molecular flexibility index (Phi) is 4.09. The summed E-state index contributed by atoms with van der Waals surface area (Å²) in [6.45, 7) is 3.33. The Bertz CT molecular complexity index is 442. The van der Waals surface area contributed by atoms with E-state index in [1.165, 1.54) is 12.1 Å². The highest BCUT2D eigenvalue weighted by molar-refractivity contribution is 6.04. The molecule has 1 amide bonds. The highest BCUT2D eigenvalue weighted by Gasteiger charge is 2.24. The van der Waals surface area contributed by atoms with Crippen LogP contribution in [-0.2, 0) is 9.59 Å². The molecule has 17 heavy (non-hydrogen) atoms. The number of nitrogens with one attached hydrogen (secondary N) is 1. The van der Waals surface area contributed by atoms with Crippen LogP contribution in [0.25, 0.3) is 0 Å². The molecule has 0 bridgehead atoms. The number of hydrogen-bond donors (Lipinski definition) is 3. The van der Waals surface area contributed by atoms with Crippen LogP contribution in [0.5, 0.6) is 5.75 Å². The predicted molar refractivity (Wildman–Crippen MR) is 62.9 cm³/mol. The molecule has 1 atom stereocenters. The molecule has 0 radical (unpaired) electrons. The van der Waals surface area contributed by atoms with E-state index in [1.54, 1.807) is 19.9 Å². The number of carbonyl (C=O) groups is 2. The van der Waals surface area contributed by atoms with Crippen molar-refractivity contribution >= 4 is 17.6 Å². The van der Waals surface area contributed by atoms with Crippen molar-refractivity contribution in [3.63, 3.8) is 0 Å². The van der Waals surface area contributed by atoms with Gasteiger partial charge in [-0.1, -0.05) is 6.92 Å². The van der Waals surface area contributed by atoms with Gasteiger partial charge < -0.3 is 15.5 Å². The third kappa shape index (κ3) is 3.21. The molecule has 1 rings (SSSR count). The Hall–Kier alpha value is -2.04. The monoisotopic (exact) mass is 237 g/mol. The number of rotatable bonds is 4. The van der Waals surface area contributed by atoms with Crippen LogP contribution in [0.4, 0.5) is 5.69 Å². The number of anilines is 1. The van der Waals surface area contributed by atoms with Crippen molar-refractivity contribution in [1.82, 2.24) is 0 Å². The molecule has 5 nitrogen and oxygen atoms in total. The minimum atomic E-state index is -1.14. The van der Waals surface area contributed by atoms with Crippen LogP contribution in [0.2, 0.25) is 0 Å². The molecular weight excluding hydrogens is 222 g/mol. The minimum Gasteiger partial charge on any atom is -0.508 e. The molecule has 1 aromatic carbocycles. The average molecular weight is 237 g/mol. The van der Waals surface area contributed by atoms with E-state index in [2.05, 4.69) is 5.32 Å². The summed E-state index contributed by atoms with van der Waals surface area (Å²) < 4.78 is 0. The maximum Gasteiger partial charge on any atom is 0.316 e. The summed E-state index contributed by atoms with van der Waals surface area (Å²) in [6.07, 6.45) is 0.234. The lowest BCUT2D eigenvalue weighted by Gasteiger charge is -2.11. The number of aromatic hydroxyl groups is 1. The standard InChI is InChI=1S/C12H15NO4/c1-3-9(12(16)17)11(15)13-8-4-5-10(14)7(2)6-8/h4-6,9,14H,3H2,1-2H3,(H,13,15)(H,16,17). The van der Waals surface area contributed by atoms with Gasteiger partial charge in [-0.05, 0) is 37.1 Å². The third-order valence-electron chi connectivity index (χ3n) is 2.49. The van der Waals surface area contributed by atoms with E-state index in [9.17, 15) is 14.7 Å². The van der Waals surface area contributed by atoms with Crippen LogP contribution in [0.3, 0.4) is 0 Å². The summed E-state index contributed by atoms with van der Waals surface area (Å²) in [5.41, 5.74) is 1.09. The molecule has 0 spiro atoms. The summed E-state index contributed by atoms with van der Waals surface area (Å²) in [6, 6.07) is 4.56. The Labute approximate surface area is 99.1 Å². The van der Waals surface area contributed by atoms with E-state index in [0.29, 0.717) is 11.3 Å². The predicted octanol–water partition coefficient (Wildman–Crippen LogP) is 1.75. The molecule has 0 fully saturated rings. The Balaban J connectivity index is 2.80. The van der Waals surface area contributed by atoms with Gasteiger partial charge in [-0.15, -0.1) is 0 Å². The first-order valence-electron chi connectivity index (χ1n) is 5.29. The lowest BCUT2D eigenvalue weighted by molar-refractivity contribution is -0.145. The molecular formula is C12H15NO4. The van der Waals surface area contributed by atoms with Crippen LogP contribution < -0.4 is 5.32 Å². The van der Waals surface area contributed by atoms with Crippen LogP contribution in [0, 0.1) is 12.8 Å². The fraction of sp³-hybridized carbons (Fsp3) is 0.333. The number of benzene rings is 1. The number of amides is 1. The highest BCUT2D eigenvalue weighted by atomic mass is 16.4. The number of carboxylic acids is 1. The number of phenols is 1. The van der Waals surface area contributed by atoms with Crippen LogP contribution in [-0.4, -0.2) is 22.1 Å². The van der Waals surface area contributed by atoms with E-state index in [-0.39, 0.29) is 12.2 Å². The summed E-state index contributed by atoms with van der Waals surface area (Å²) in [5, 5.41) is 20.6. The fourth-order valence-electron chi connectivity index (χ4n) is 1.43. The first kappa shape index (κ1) is 13.0. The van der Waals surface area contributed by atoms with Gasteiger partial charge in [0.2, 0.25) is 5.91 Å². The first-order valence-corrected chi connectivity index (χ1v) is 5.29. The number of carboxylic acid groups (broad SMARTS) is 1. The van der Waals surface area contributed by atoms with E-state index in [0.717, 1.165) is 0 Å². The van der Waals surface area contributed by atoms with Crippen molar-refractivity contribution in [1.29, 1.82) is 0 Å². The zero-order valence-electron chi connectivity index (χ0n) is 9.73. The minimum absolute atomic E-state index is 0.133. The summed E-state index contributed by atoms with van der Waals surface area (Å²) in [4.78, 5) is 22.4. The zero-order valence-corrected chi connectivity index (χ0v) is 9.73. The van der Waals surface area contributed by atoms with Gasteiger partial charge in [0.15, 0.2) is 0 Å². The van der Waals surface area contributed by atoms with E-state index < -0.39 is 17.8 Å². The summed E-state index contributed by atoms with van der Waals surface area (Å²) >= 11 is 0. The Morgan fingerprint density at radius 2 is 2.06 bits per heavy atom. The van der Waals surface area contributed by atoms with Gasteiger partial charge in [0.25, 0.3) is 0 Å². The van der Waals surface area contributed by atoms with Gasteiger partial charge in [0.1, 0.15) is 11.7 Å². The van der Waals surface area contributed by atoms with Crippen molar-refractivity contribution in [2.45, 2.75) is 20.3 Å². The topological polar surface area (TPSA) is 86.6 Å². The third-order valence-corrected chi connectivity index (χ3v) is 2.49. The molecule has 0 saturated heterocycles. The molecule has 5 heteroatoms.